The maximum absolute atomic E-state index is 13.1. The second-order valence-electron chi connectivity index (χ2n) is 5.15. The van der Waals surface area contributed by atoms with Crippen molar-refractivity contribution in [2.45, 2.75) is 6.04 Å². The Labute approximate surface area is 126 Å². The van der Waals surface area contributed by atoms with E-state index in [1.165, 1.54) is 12.1 Å². The van der Waals surface area contributed by atoms with Gasteiger partial charge in [0.05, 0.1) is 18.4 Å². The van der Waals surface area contributed by atoms with Crippen molar-refractivity contribution in [2.75, 3.05) is 26.0 Å². The molecule has 2 aromatic heterocycles. The minimum atomic E-state index is -0.239. The van der Waals surface area contributed by atoms with Gasteiger partial charge in [0.15, 0.2) is 5.65 Å². The summed E-state index contributed by atoms with van der Waals surface area (Å²) in [6.07, 6.45) is 3.26. The fourth-order valence-electron chi connectivity index (χ4n) is 2.28. The Kier molecular flexibility index (Phi) is 3.92. The van der Waals surface area contributed by atoms with Gasteiger partial charge in [-0.3, -0.25) is 4.98 Å². The molecule has 114 valence electrons. The molecule has 0 fully saturated rings. The van der Waals surface area contributed by atoms with Crippen LogP contribution in [0.3, 0.4) is 0 Å². The highest BCUT2D eigenvalue weighted by Gasteiger charge is 2.15. The lowest BCUT2D eigenvalue weighted by molar-refractivity contribution is 0.311. The predicted molar refractivity (Wildman–Crippen MR) is 79.9 cm³/mol. The van der Waals surface area contributed by atoms with Gasteiger partial charge in [0.2, 0.25) is 0 Å². The van der Waals surface area contributed by atoms with Crippen molar-refractivity contribution in [1.29, 1.82) is 0 Å². The van der Waals surface area contributed by atoms with Crippen LogP contribution in [0.1, 0.15) is 11.6 Å². The lowest BCUT2D eigenvalue weighted by atomic mass is 10.1. The zero-order valence-electron chi connectivity index (χ0n) is 12.3. The number of anilines is 1. The van der Waals surface area contributed by atoms with Crippen LogP contribution in [0.25, 0.3) is 5.65 Å². The van der Waals surface area contributed by atoms with Crippen LogP contribution in [0.5, 0.6) is 0 Å². The van der Waals surface area contributed by atoms with E-state index in [2.05, 4.69) is 30.7 Å². The van der Waals surface area contributed by atoms with Gasteiger partial charge in [-0.25, -0.2) is 4.39 Å². The van der Waals surface area contributed by atoms with Gasteiger partial charge < -0.3 is 10.2 Å². The first-order valence-electron chi connectivity index (χ1n) is 6.83. The molecule has 1 unspecified atom stereocenters. The molecule has 3 aromatic rings. The van der Waals surface area contributed by atoms with E-state index in [9.17, 15) is 4.39 Å². The minimum Gasteiger partial charge on any atom is -0.367 e. The molecule has 7 nitrogen and oxygen atoms in total. The van der Waals surface area contributed by atoms with E-state index < -0.39 is 0 Å². The molecule has 0 amide bonds. The molecule has 0 saturated heterocycles. The molecule has 22 heavy (non-hydrogen) atoms. The fourth-order valence-corrected chi connectivity index (χ4v) is 2.28. The Morgan fingerprint density at radius 1 is 1.23 bits per heavy atom. The van der Waals surface area contributed by atoms with Crippen molar-refractivity contribution in [3.05, 3.63) is 48.0 Å². The zero-order valence-corrected chi connectivity index (χ0v) is 12.3. The van der Waals surface area contributed by atoms with Crippen LogP contribution in [0, 0.1) is 5.82 Å². The summed E-state index contributed by atoms with van der Waals surface area (Å²) in [6.45, 7) is 0.610. The van der Waals surface area contributed by atoms with Crippen LogP contribution in [0.15, 0.2) is 36.7 Å². The third kappa shape index (κ3) is 2.86. The van der Waals surface area contributed by atoms with Crippen LogP contribution >= 0.6 is 0 Å². The Morgan fingerprint density at radius 2 is 2.00 bits per heavy atom. The second kappa shape index (κ2) is 6.02. The third-order valence-corrected chi connectivity index (χ3v) is 3.46. The van der Waals surface area contributed by atoms with Crippen molar-refractivity contribution >= 4 is 11.5 Å². The molecule has 0 bridgehead atoms. The van der Waals surface area contributed by atoms with Crippen molar-refractivity contribution < 1.29 is 4.39 Å². The monoisotopic (exact) mass is 301 g/mol. The Balaban J connectivity index is 1.80. The van der Waals surface area contributed by atoms with E-state index >= 15 is 0 Å². The standard InChI is InChI=1S/C14H16FN7/c1-21(2)12(10-3-5-11(15)6-4-10)7-17-13-8-16-9-14-18-19-20-22(13)14/h3-6,8-9,12,17H,7H2,1-2H3. The number of rotatable bonds is 5. The number of hydrogen-bond acceptors (Lipinski definition) is 6. The average Bonchev–Trinajstić information content (AvgIpc) is 2.98. The number of benzene rings is 1. The van der Waals surface area contributed by atoms with Gasteiger partial charge in [0.1, 0.15) is 11.6 Å². The molecular weight excluding hydrogens is 285 g/mol. The van der Waals surface area contributed by atoms with Crippen LogP contribution in [0.2, 0.25) is 0 Å². The van der Waals surface area contributed by atoms with Gasteiger partial charge in [-0.15, -0.1) is 5.10 Å². The Bertz CT molecular complexity index is 753. The first-order valence-corrected chi connectivity index (χ1v) is 6.83. The number of fused-ring (bicyclic) bond motifs is 1. The summed E-state index contributed by atoms with van der Waals surface area (Å²) in [5.41, 5.74) is 1.60. The molecule has 1 aromatic carbocycles. The van der Waals surface area contributed by atoms with Crippen molar-refractivity contribution in [3.63, 3.8) is 0 Å². The van der Waals surface area contributed by atoms with Gasteiger partial charge in [0.25, 0.3) is 0 Å². The summed E-state index contributed by atoms with van der Waals surface area (Å²) in [4.78, 5) is 6.17. The van der Waals surface area contributed by atoms with E-state index in [1.807, 2.05) is 14.1 Å². The quantitative estimate of drug-likeness (QED) is 0.767. The number of nitrogens with one attached hydrogen (secondary N) is 1. The third-order valence-electron chi connectivity index (χ3n) is 3.46. The highest BCUT2D eigenvalue weighted by molar-refractivity contribution is 5.44. The minimum absolute atomic E-state index is 0.0762. The maximum atomic E-state index is 13.1. The summed E-state index contributed by atoms with van der Waals surface area (Å²) in [7, 11) is 3.96. The summed E-state index contributed by atoms with van der Waals surface area (Å²) in [6, 6.07) is 6.59. The molecule has 1 atom stereocenters. The van der Waals surface area contributed by atoms with E-state index in [4.69, 9.17) is 0 Å². The molecule has 0 spiro atoms. The summed E-state index contributed by atoms with van der Waals surface area (Å²) < 4.78 is 14.7. The van der Waals surface area contributed by atoms with Gasteiger partial charge in [-0.2, -0.15) is 4.52 Å². The molecule has 2 heterocycles. The van der Waals surface area contributed by atoms with Crippen LogP contribution < -0.4 is 5.32 Å². The van der Waals surface area contributed by atoms with E-state index in [1.54, 1.807) is 29.0 Å². The molecule has 0 aliphatic rings. The van der Waals surface area contributed by atoms with Crippen molar-refractivity contribution in [3.8, 4) is 0 Å². The first-order chi connectivity index (χ1) is 10.6. The first kappa shape index (κ1) is 14.3. The van der Waals surface area contributed by atoms with E-state index in [-0.39, 0.29) is 11.9 Å². The molecule has 0 radical (unpaired) electrons. The normalized spacial score (nSPS) is 12.7. The number of hydrogen-bond donors (Lipinski definition) is 1. The van der Waals surface area contributed by atoms with Gasteiger partial charge in [-0.1, -0.05) is 12.1 Å². The summed E-state index contributed by atoms with van der Waals surface area (Å²) >= 11 is 0. The van der Waals surface area contributed by atoms with Crippen molar-refractivity contribution in [1.82, 2.24) is 29.9 Å². The highest BCUT2D eigenvalue weighted by Crippen LogP contribution is 2.19. The maximum Gasteiger partial charge on any atom is 0.199 e. The van der Waals surface area contributed by atoms with E-state index in [0.29, 0.717) is 18.0 Å². The average molecular weight is 301 g/mol. The predicted octanol–water partition coefficient (Wildman–Crippen LogP) is 1.37. The van der Waals surface area contributed by atoms with Gasteiger partial charge in [0, 0.05) is 6.54 Å². The number of aromatic nitrogens is 5. The Morgan fingerprint density at radius 3 is 2.73 bits per heavy atom. The van der Waals surface area contributed by atoms with Crippen LogP contribution in [-0.4, -0.2) is 50.6 Å². The lowest BCUT2D eigenvalue weighted by Gasteiger charge is -2.25. The zero-order chi connectivity index (χ0) is 15.5. The number of nitrogens with zero attached hydrogens (tertiary/aromatic N) is 6. The number of tetrazole rings is 1. The molecule has 1 N–H and O–H groups in total. The highest BCUT2D eigenvalue weighted by atomic mass is 19.1. The largest absolute Gasteiger partial charge is 0.367 e. The lowest BCUT2D eigenvalue weighted by Crippen LogP contribution is -2.27. The second-order valence-corrected chi connectivity index (χ2v) is 5.15. The molecule has 3 rings (SSSR count). The summed E-state index contributed by atoms with van der Waals surface area (Å²) in [5, 5.41) is 14.7. The SMILES string of the molecule is CN(C)C(CNc1cncc2nnnn12)c1ccc(F)cc1. The summed E-state index contributed by atoms with van der Waals surface area (Å²) in [5.74, 6) is 0.466. The molecule has 0 aliphatic carbocycles. The number of likely N-dealkylation sites (N-methyl/N-ethyl adjacent to an activating group) is 1. The van der Waals surface area contributed by atoms with Crippen LogP contribution in [0.4, 0.5) is 10.2 Å². The fraction of sp³-hybridized carbons (Fsp3) is 0.286. The van der Waals surface area contributed by atoms with E-state index in [0.717, 1.165) is 5.56 Å². The van der Waals surface area contributed by atoms with Gasteiger partial charge in [-0.05, 0) is 42.2 Å². The molecule has 0 saturated carbocycles. The van der Waals surface area contributed by atoms with Gasteiger partial charge >= 0.3 is 0 Å². The topological polar surface area (TPSA) is 71.2 Å². The number of halogens is 1. The van der Waals surface area contributed by atoms with Crippen molar-refractivity contribution in [2.24, 2.45) is 0 Å². The van der Waals surface area contributed by atoms with Crippen LogP contribution in [-0.2, 0) is 0 Å². The smallest absolute Gasteiger partial charge is 0.199 e. The Hall–Kier alpha value is -2.61. The molecule has 8 heteroatoms. The molecule has 0 aliphatic heterocycles. The molecular formula is C14H16FN7.